The van der Waals surface area contributed by atoms with Gasteiger partial charge in [-0.25, -0.2) is 5.84 Å². The van der Waals surface area contributed by atoms with E-state index in [1.807, 2.05) is 13.0 Å². The fourth-order valence-corrected chi connectivity index (χ4v) is 3.14. The van der Waals surface area contributed by atoms with Crippen molar-refractivity contribution >= 4 is 10.1 Å². The van der Waals surface area contributed by atoms with Gasteiger partial charge in [0.25, 0.3) is 10.1 Å². The Morgan fingerprint density at radius 1 is 1.18 bits per heavy atom. The molecule has 0 spiro atoms. The largest absolute Gasteiger partial charge is 0.391 e. The van der Waals surface area contributed by atoms with Gasteiger partial charge in [-0.15, -0.1) is 0 Å². The van der Waals surface area contributed by atoms with E-state index in [-0.39, 0.29) is 11.5 Å². The summed E-state index contributed by atoms with van der Waals surface area (Å²) in [5.41, 5.74) is 2.97. The molecule has 0 atom stereocenters. The summed E-state index contributed by atoms with van der Waals surface area (Å²) < 4.78 is 32.2. The van der Waals surface area contributed by atoms with E-state index in [1.165, 1.54) is 4.68 Å². The lowest BCUT2D eigenvalue weighted by Crippen LogP contribution is -2.43. The van der Waals surface area contributed by atoms with Crippen LogP contribution in [-0.2, 0) is 16.7 Å². The minimum absolute atomic E-state index is 0.0260. The number of nitrogens with zero attached hydrogens (tertiary/aromatic N) is 1. The Morgan fingerprint density at radius 3 is 2.09 bits per heavy atom. The first-order valence-electron chi connectivity index (χ1n) is 6.56. The van der Waals surface area contributed by atoms with Gasteiger partial charge < -0.3 is 5.11 Å². The molecule has 1 aromatic carbocycles. The average molecular weight is 325 g/mol. The van der Waals surface area contributed by atoms with Gasteiger partial charge in [0.05, 0.1) is 11.5 Å². The lowest BCUT2D eigenvalue weighted by molar-refractivity contribution is -0.639. The molecule has 22 heavy (non-hydrogen) atoms. The summed E-state index contributed by atoms with van der Waals surface area (Å²) in [5, 5.41) is 8.59. The Morgan fingerprint density at radius 2 is 1.73 bits per heavy atom. The van der Waals surface area contributed by atoms with Gasteiger partial charge in [0.2, 0.25) is 6.20 Å². The molecule has 4 N–H and O–H groups in total. The second-order valence-corrected chi connectivity index (χ2v) is 6.38. The lowest BCUT2D eigenvalue weighted by atomic mass is 10.1. The van der Waals surface area contributed by atoms with E-state index >= 15 is 0 Å². The van der Waals surface area contributed by atoms with Crippen molar-refractivity contribution in [2.24, 2.45) is 0 Å². The summed E-state index contributed by atoms with van der Waals surface area (Å²) in [4.78, 5) is 0.0260. The lowest BCUT2D eigenvalue weighted by Gasteiger charge is -2.07. The molecular formula is C15H21N2O4S+. The maximum absolute atomic E-state index is 10.9. The molecule has 0 aliphatic heterocycles. The molecule has 7 heteroatoms. The molecule has 0 saturated heterocycles. The summed E-state index contributed by atoms with van der Waals surface area (Å²) in [5.74, 6) is 5.34. The van der Waals surface area contributed by atoms with Crippen LogP contribution in [-0.4, -0.2) is 18.1 Å². The SMILES string of the molecule is Cc1cc(C)c(S(=O)(=O)O)c(C)c1.N[n+]1cccc(CO)c1. The van der Waals surface area contributed by atoms with Crippen molar-refractivity contribution in [3.05, 3.63) is 58.9 Å². The van der Waals surface area contributed by atoms with E-state index in [9.17, 15) is 8.42 Å². The third kappa shape index (κ3) is 5.10. The molecule has 1 aromatic heterocycles. The third-order valence-corrected chi connectivity index (χ3v) is 4.09. The monoisotopic (exact) mass is 325 g/mol. The van der Waals surface area contributed by atoms with Gasteiger partial charge in [-0.3, -0.25) is 4.55 Å². The van der Waals surface area contributed by atoms with Gasteiger partial charge >= 0.3 is 0 Å². The van der Waals surface area contributed by atoms with Crippen LogP contribution in [0.1, 0.15) is 22.3 Å². The second kappa shape index (κ2) is 7.35. The minimum atomic E-state index is -4.08. The van der Waals surface area contributed by atoms with E-state index in [1.54, 1.807) is 44.4 Å². The van der Waals surface area contributed by atoms with E-state index < -0.39 is 10.1 Å². The number of hydrogen-bond acceptors (Lipinski definition) is 4. The Hall–Kier alpha value is -1.96. The molecule has 0 saturated carbocycles. The summed E-state index contributed by atoms with van der Waals surface area (Å²) >= 11 is 0. The average Bonchev–Trinajstić information content (AvgIpc) is 2.36. The number of aliphatic hydroxyl groups excluding tert-OH is 1. The normalized spacial score (nSPS) is 10.8. The maximum Gasteiger partial charge on any atom is 0.295 e. The molecule has 0 aliphatic rings. The Bertz CT molecular complexity index is 735. The predicted octanol–water partition coefficient (Wildman–Crippen LogP) is 1.04. The Balaban J connectivity index is 0.000000235. The fraction of sp³-hybridized carbons (Fsp3) is 0.267. The van der Waals surface area contributed by atoms with Gasteiger partial charge in [0.15, 0.2) is 6.20 Å². The first kappa shape index (κ1) is 18.1. The molecule has 0 unspecified atom stereocenters. The number of pyridine rings is 1. The highest BCUT2D eigenvalue weighted by Gasteiger charge is 2.15. The highest BCUT2D eigenvalue weighted by molar-refractivity contribution is 7.86. The number of aryl methyl sites for hydroxylation is 3. The predicted molar refractivity (Wildman–Crippen MR) is 83.2 cm³/mol. The summed E-state index contributed by atoms with van der Waals surface area (Å²) in [7, 11) is -4.08. The molecule has 0 aliphatic carbocycles. The van der Waals surface area contributed by atoms with Crippen LogP contribution in [0.25, 0.3) is 0 Å². The van der Waals surface area contributed by atoms with Crippen molar-refractivity contribution in [2.45, 2.75) is 32.3 Å². The van der Waals surface area contributed by atoms with Gasteiger partial charge in [0.1, 0.15) is 0 Å². The fourth-order valence-electron chi connectivity index (χ4n) is 2.21. The van der Waals surface area contributed by atoms with Crippen LogP contribution in [0.15, 0.2) is 41.6 Å². The number of hydrogen-bond donors (Lipinski definition) is 3. The van der Waals surface area contributed by atoms with Crippen LogP contribution < -0.4 is 10.5 Å². The van der Waals surface area contributed by atoms with Crippen LogP contribution >= 0.6 is 0 Å². The first-order chi connectivity index (χ1) is 10.1. The van der Waals surface area contributed by atoms with E-state index in [4.69, 9.17) is 15.5 Å². The molecule has 2 rings (SSSR count). The van der Waals surface area contributed by atoms with Crippen molar-refractivity contribution in [2.75, 3.05) is 5.84 Å². The molecule has 1 heterocycles. The topological polar surface area (TPSA) is 104 Å². The number of benzene rings is 1. The molecule has 2 aromatic rings. The first-order valence-corrected chi connectivity index (χ1v) is 8.00. The van der Waals surface area contributed by atoms with E-state index in [0.717, 1.165) is 11.1 Å². The van der Waals surface area contributed by atoms with Gasteiger partial charge in [0, 0.05) is 11.6 Å². The van der Waals surface area contributed by atoms with Crippen LogP contribution in [0.2, 0.25) is 0 Å². The van der Waals surface area contributed by atoms with E-state index in [0.29, 0.717) is 11.1 Å². The van der Waals surface area contributed by atoms with Gasteiger partial charge in [-0.05, 0) is 38.0 Å². The molecular weight excluding hydrogens is 304 g/mol. The van der Waals surface area contributed by atoms with Crippen molar-refractivity contribution in [3.63, 3.8) is 0 Å². The van der Waals surface area contributed by atoms with Crippen molar-refractivity contribution in [3.8, 4) is 0 Å². The minimum Gasteiger partial charge on any atom is -0.391 e. The number of aromatic nitrogens is 1. The molecule has 0 bridgehead atoms. The highest BCUT2D eigenvalue weighted by atomic mass is 32.2. The van der Waals surface area contributed by atoms with Crippen molar-refractivity contribution in [1.29, 1.82) is 0 Å². The molecule has 120 valence electrons. The van der Waals surface area contributed by atoms with Crippen molar-refractivity contribution in [1.82, 2.24) is 0 Å². The van der Waals surface area contributed by atoms with Crippen LogP contribution in [0.5, 0.6) is 0 Å². The van der Waals surface area contributed by atoms with Gasteiger partial charge in [-0.2, -0.15) is 8.42 Å². The molecule has 6 nitrogen and oxygen atoms in total. The quantitative estimate of drug-likeness (QED) is 0.435. The van der Waals surface area contributed by atoms with Crippen molar-refractivity contribution < 1.29 is 22.8 Å². The standard InChI is InChI=1S/C9H12O3S.C6H9N2O/c1-6-4-7(2)9(8(3)5-6)13(10,11)12;7-8-3-1-2-6(4-8)5-9/h4-5H,1-3H3,(H,10,11,12);1-4,9H,5,7H2/q;+1. The molecule has 0 amide bonds. The zero-order valence-corrected chi connectivity index (χ0v) is 13.6. The number of nitrogen functional groups attached to an aromatic ring is 1. The van der Waals surface area contributed by atoms with E-state index in [2.05, 4.69) is 0 Å². The summed E-state index contributed by atoms with van der Waals surface area (Å²) in [6.07, 6.45) is 3.37. The maximum atomic E-state index is 10.9. The number of rotatable bonds is 2. The van der Waals surface area contributed by atoms with Crippen LogP contribution in [0, 0.1) is 20.8 Å². The zero-order chi connectivity index (χ0) is 16.9. The van der Waals surface area contributed by atoms with Gasteiger partial charge in [-0.1, -0.05) is 22.4 Å². The number of nitrogens with two attached hydrogens (primary N) is 1. The summed E-state index contributed by atoms with van der Waals surface area (Å²) in [6, 6.07) is 7.06. The summed E-state index contributed by atoms with van der Waals surface area (Å²) in [6.45, 7) is 5.26. The highest BCUT2D eigenvalue weighted by Crippen LogP contribution is 2.20. The Kier molecular flexibility index (Phi) is 6.04. The smallest absolute Gasteiger partial charge is 0.295 e. The number of aliphatic hydroxyl groups is 1. The van der Waals surface area contributed by atoms with Crippen LogP contribution in [0.3, 0.4) is 0 Å². The van der Waals surface area contributed by atoms with Crippen LogP contribution in [0.4, 0.5) is 0 Å². The third-order valence-electron chi connectivity index (χ3n) is 2.93. The Labute approximate surface area is 130 Å². The molecule has 0 radical (unpaired) electrons. The zero-order valence-electron chi connectivity index (χ0n) is 12.8. The molecule has 0 fully saturated rings. The second-order valence-electron chi connectivity index (χ2n) is 5.02.